The predicted octanol–water partition coefficient (Wildman–Crippen LogP) is 2.27. The molecule has 0 bridgehead atoms. The lowest BCUT2D eigenvalue weighted by atomic mass is 9.75. The van der Waals surface area contributed by atoms with Crippen molar-refractivity contribution in [1.29, 1.82) is 0 Å². The van der Waals surface area contributed by atoms with Gasteiger partial charge in [0.25, 0.3) is 0 Å². The number of halogens is 1. The molecule has 2 unspecified atom stereocenters. The zero-order valence-electron chi connectivity index (χ0n) is 7.70. The third-order valence-electron chi connectivity index (χ3n) is 2.96. The van der Waals surface area contributed by atoms with Gasteiger partial charge in [-0.15, -0.1) is 0 Å². The number of hydrogen-bond acceptors (Lipinski definition) is 2. The summed E-state index contributed by atoms with van der Waals surface area (Å²) < 4.78 is 2.85. The summed E-state index contributed by atoms with van der Waals surface area (Å²) in [6.07, 6.45) is 4.65. The second-order valence-corrected chi connectivity index (χ2v) is 4.75. The number of anilines is 1. The van der Waals surface area contributed by atoms with Gasteiger partial charge in [-0.05, 0) is 34.2 Å². The van der Waals surface area contributed by atoms with Gasteiger partial charge in [-0.25, -0.2) is 0 Å². The molecule has 0 spiro atoms. The highest BCUT2D eigenvalue weighted by atomic mass is 79.9. The number of nitrogens with zero attached hydrogens (tertiary/aromatic N) is 2. The van der Waals surface area contributed by atoms with E-state index in [9.17, 15) is 0 Å². The van der Waals surface area contributed by atoms with Crippen LogP contribution in [-0.4, -0.2) is 9.78 Å². The van der Waals surface area contributed by atoms with Crippen molar-refractivity contribution in [1.82, 2.24) is 9.78 Å². The van der Waals surface area contributed by atoms with Crippen LogP contribution in [-0.2, 0) is 6.54 Å². The average Bonchev–Trinajstić information content (AvgIpc) is 2.40. The molecule has 2 rings (SSSR count). The van der Waals surface area contributed by atoms with Gasteiger partial charge in [0.05, 0.1) is 4.47 Å². The van der Waals surface area contributed by atoms with E-state index in [0.29, 0.717) is 5.82 Å². The normalized spacial score (nSPS) is 27.2. The summed E-state index contributed by atoms with van der Waals surface area (Å²) in [5.74, 6) is 2.24. The zero-order valence-corrected chi connectivity index (χ0v) is 9.29. The predicted molar refractivity (Wildman–Crippen MR) is 56.2 cm³/mol. The Morgan fingerprint density at radius 3 is 2.85 bits per heavy atom. The topological polar surface area (TPSA) is 43.8 Å². The van der Waals surface area contributed by atoms with E-state index in [0.717, 1.165) is 22.9 Å². The van der Waals surface area contributed by atoms with Gasteiger partial charge in [0.1, 0.15) is 0 Å². The van der Waals surface area contributed by atoms with Crippen molar-refractivity contribution in [2.24, 2.45) is 11.8 Å². The van der Waals surface area contributed by atoms with Crippen molar-refractivity contribution < 1.29 is 0 Å². The van der Waals surface area contributed by atoms with Crippen LogP contribution < -0.4 is 5.73 Å². The van der Waals surface area contributed by atoms with Gasteiger partial charge in [-0.2, -0.15) is 5.10 Å². The lowest BCUT2D eigenvalue weighted by Crippen LogP contribution is -2.27. The average molecular weight is 244 g/mol. The number of hydrogen-bond donors (Lipinski definition) is 1. The molecule has 0 saturated heterocycles. The quantitative estimate of drug-likeness (QED) is 0.867. The van der Waals surface area contributed by atoms with Crippen molar-refractivity contribution in [2.75, 3.05) is 5.73 Å². The zero-order chi connectivity index (χ0) is 9.42. The molecule has 0 radical (unpaired) electrons. The minimum absolute atomic E-state index is 0.590. The van der Waals surface area contributed by atoms with Crippen molar-refractivity contribution in [2.45, 2.75) is 26.3 Å². The molecule has 2 N–H and O–H groups in total. The first-order chi connectivity index (χ1) is 6.16. The van der Waals surface area contributed by atoms with E-state index < -0.39 is 0 Å². The summed E-state index contributed by atoms with van der Waals surface area (Å²) >= 11 is 3.35. The van der Waals surface area contributed by atoms with Crippen molar-refractivity contribution in [3.8, 4) is 0 Å². The van der Waals surface area contributed by atoms with Crippen LogP contribution in [0.2, 0.25) is 0 Å². The molecular formula is C9H14BrN3. The first kappa shape index (κ1) is 9.06. The smallest absolute Gasteiger partial charge is 0.159 e. The molecule has 2 atom stereocenters. The number of nitrogen functional groups attached to an aromatic ring is 1. The molecule has 1 fully saturated rings. The maximum absolute atomic E-state index is 5.63. The molecule has 1 saturated carbocycles. The van der Waals surface area contributed by atoms with E-state index in [2.05, 4.69) is 28.0 Å². The maximum Gasteiger partial charge on any atom is 0.159 e. The van der Waals surface area contributed by atoms with Gasteiger partial charge in [-0.3, -0.25) is 4.68 Å². The molecular weight excluding hydrogens is 230 g/mol. The van der Waals surface area contributed by atoms with E-state index in [1.807, 2.05) is 10.9 Å². The highest BCUT2D eigenvalue weighted by molar-refractivity contribution is 9.10. The van der Waals surface area contributed by atoms with Crippen molar-refractivity contribution in [3.05, 3.63) is 10.7 Å². The van der Waals surface area contributed by atoms with Crippen LogP contribution in [0.15, 0.2) is 10.7 Å². The fourth-order valence-corrected chi connectivity index (χ4v) is 2.07. The molecule has 1 aliphatic rings. The maximum atomic E-state index is 5.63. The Bertz CT molecular complexity index is 288. The Labute approximate surface area is 86.4 Å². The molecule has 3 nitrogen and oxygen atoms in total. The van der Waals surface area contributed by atoms with Crippen molar-refractivity contribution >= 4 is 21.7 Å². The van der Waals surface area contributed by atoms with E-state index in [4.69, 9.17) is 5.73 Å². The van der Waals surface area contributed by atoms with Crippen LogP contribution in [0.4, 0.5) is 5.82 Å². The third-order valence-corrected chi connectivity index (χ3v) is 3.57. The Hall–Kier alpha value is -0.510. The number of nitrogens with two attached hydrogens (primary N) is 1. The third kappa shape index (κ3) is 1.73. The summed E-state index contributed by atoms with van der Waals surface area (Å²) in [5, 5.41) is 4.21. The van der Waals surface area contributed by atoms with E-state index in [-0.39, 0.29) is 0 Å². The van der Waals surface area contributed by atoms with Gasteiger partial charge in [-0.1, -0.05) is 13.3 Å². The second kappa shape index (κ2) is 3.33. The largest absolute Gasteiger partial charge is 0.381 e. The standard InChI is InChI=1S/C9H14BrN3/c1-6-2-3-7(6)4-13-5-8(10)9(11)12-13/h5-7H,2-4H2,1H3,(H2,11,12). The highest BCUT2D eigenvalue weighted by Gasteiger charge is 2.27. The monoisotopic (exact) mass is 243 g/mol. The van der Waals surface area contributed by atoms with Gasteiger partial charge in [0.15, 0.2) is 5.82 Å². The lowest BCUT2D eigenvalue weighted by Gasteiger charge is -2.33. The first-order valence-electron chi connectivity index (χ1n) is 4.65. The fraction of sp³-hybridized carbons (Fsp3) is 0.667. The molecule has 1 heterocycles. The highest BCUT2D eigenvalue weighted by Crippen LogP contribution is 2.35. The van der Waals surface area contributed by atoms with Crippen LogP contribution in [0.25, 0.3) is 0 Å². The van der Waals surface area contributed by atoms with Crippen LogP contribution in [0.1, 0.15) is 19.8 Å². The van der Waals surface area contributed by atoms with Crippen molar-refractivity contribution in [3.63, 3.8) is 0 Å². The second-order valence-electron chi connectivity index (χ2n) is 3.90. The van der Waals surface area contributed by atoms with Gasteiger partial charge >= 0.3 is 0 Å². The number of aromatic nitrogens is 2. The Morgan fingerprint density at radius 2 is 2.46 bits per heavy atom. The Balaban J connectivity index is 2.01. The summed E-state index contributed by atoms with van der Waals surface area (Å²) in [7, 11) is 0. The summed E-state index contributed by atoms with van der Waals surface area (Å²) in [6.45, 7) is 3.31. The Morgan fingerprint density at radius 1 is 1.69 bits per heavy atom. The molecule has 1 aromatic heterocycles. The van der Waals surface area contributed by atoms with E-state index in [1.54, 1.807) is 0 Å². The van der Waals surface area contributed by atoms with Gasteiger partial charge in [0, 0.05) is 12.7 Å². The van der Waals surface area contributed by atoms with Crippen LogP contribution >= 0.6 is 15.9 Å². The minimum atomic E-state index is 0.590. The number of rotatable bonds is 2. The summed E-state index contributed by atoms with van der Waals surface area (Å²) in [5.41, 5.74) is 5.63. The van der Waals surface area contributed by atoms with Crippen LogP contribution in [0.3, 0.4) is 0 Å². The molecule has 0 aliphatic heterocycles. The van der Waals surface area contributed by atoms with Crippen LogP contribution in [0, 0.1) is 11.8 Å². The van der Waals surface area contributed by atoms with Crippen LogP contribution in [0.5, 0.6) is 0 Å². The molecule has 13 heavy (non-hydrogen) atoms. The first-order valence-corrected chi connectivity index (χ1v) is 5.44. The molecule has 1 aliphatic carbocycles. The SMILES string of the molecule is CC1CCC1Cn1cc(Br)c(N)n1. The molecule has 72 valence electrons. The lowest BCUT2D eigenvalue weighted by molar-refractivity contribution is 0.165. The summed E-state index contributed by atoms with van der Waals surface area (Å²) in [4.78, 5) is 0. The van der Waals surface area contributed by atoms with E-state index >= 15 is 0 Å². The van der Waals surface area contributed by atoms with Gasteiger partial charge < -0.3 is 5.73 Å². The molecule has 0 aromatic carbocycles. The van der Waals surface area contributed by atoms with E-state index in [1.165, 1.54) is 12.8 Å². The fourth-order valence-electron chi connectivity index (χ4n) is 1.75. The molecule has 1 aromatic rings. The minimum Gasteiger partial charge on any atom is -0.381 e. The molecule has 0 amide bonds. The molecule has 4 heteroatoms. The summed E-state index contributed by atoms with van der Waals surface area (Å²) in [6, 6.07) is 0. The Kier molecular flexibility index (Phi) is 2.32. The van der Waals surface area contributed by atoms with Gasteiger partial charge in [0.2, 0.25) is 0 Å².